The normalized spacial score (nSPS) is 12.5. The van der Waals surface area contributed by atoms with Crippen LogP contribution in [0, 0.1) is 0 Å². The third-order valence-corrected chi connectivity index (χ3v) is 2.42. The molecule has 4 nitrogen and oxygen atoms in total. The number of thioether (sulfide) groups is 1. The SMILES string of the molecule is CCOC(=O)CC(O)CSCCN. The van der Waals surface area contributed by atoms with Crippen LogP contribution in [0.1, 0.15) is 13.3 Å². The van der Waals surface area contributed by atoms with Gasteiger partial charge in [0.15, 0.2) is 0 Å². The fourth-order valence-corrected chi connectivity index (χ4v) is 1.50. The minimum atomic E-state index is -0.615. The van der Waals surface area contributed by atoms with Crippen molar-refractivity contribution in [1.29, 1.82) is 0 Å². The third-order valence-electron chi connectivity index (χ3n) is 1.28. The molecule has 0 heterocycles. The highest BCUT2D eigenvalue weighted by molar-refractivity contribution is 7.99. The zero-order valence-electron chi connectivity index (χ0n) is 7.86. The Balaban J connectivity index is 3.38. The van der Waals surface area contributed by atoms with E-state index in [-0.39, 0.29) is 12.4 Å². The summed E-state index contributed by atoms with van der Waals surface area (Å²) >= 11 is 1.54. The molecule has 0 aliphatic carbocycles. The smallest absolute Gasteiger partial charge is 0.308 e. The molecule has 0 radical (unpaired) electrons. The highest BCUT2D eigenvalue weighted by Gasteiger charge is 2.10. The highest BCUT2D eigenvalue weighted by Crippen LogP contribution is 2.05. The van der Waals surface area contributed by atoms with Crippen molar-refractivity contribution in [3.63, 3.8) is 0 Å². The average molecular weight is 207 g/mol. The molecule has 0 fully saturated rings. The van der Waals surface area contributed by atoms with Gasteiger partial charge in [0.2, 0.25) is 0 Å². The number of aliphatic hydroxyl groups excluding tert-OH is 1. The number of rotatable bonds is 7. The molecule has 0 saturated heterocycles. The predicted octanol–water partition coefficient (Wildman–Crippen LogP) is -0.00760. The molecule has 0 aromatic carbocycles. The third kappa shape index (κ3) is 8.08. The fourth-order valence-electron chi connectivity index (χ4n) is 0.774. The molecule has 0 saturated carbocycles. The van der Waals surface area contributed by atoms with Crippen molar-refractivity contribution in [2.24, 2.45) is 5.73 Å². The number of carbonyl (C=O) groups is 1. The van der Waals surface area contributed by atoms with Crippen molar-refractivity contribution in [3.05, 3.63) is 0 Å². The molecule has 0 aliphatic heterocycles. The Labute approximate surface area is 82.8 Å². The van der Waals surface area contributed by atoms with E-state index in [9.17, 15) is 9.90 Å². The standard InChI is InChI=1S/C8H17NO3S/c1-2-12-8(11)5-7(10)6-13-4-3-9/h7,10H,2-6,9H2,1H3. The molecule has 0 aromatic heterocycles. The van der Waals surface area contributed by atoms with Crippen molar-refractivity contribution in [2.45, 2.75) is 19.4 Å². The molecule has 1 atom stereocenters. The largest absolute Gasteiger partial charge is 0.466 e. The van der Waals surface area contributed by atoms with Gasteiger partial charge in [0.05, 0.1) is 19.1 Å². The lowest BCUT2D eigenvalue weighted by Gasteiger charge is -2.08. The lowest BCUT2D eigenvalue weighted by Crippen LogP contribution is -2.18. The predicted molar refractivity (Wildman–Crippen MR) is 53.6 cm³/mol. The van der Waals surface area contributed by atoms with Crippen LogP contribution in [0.3, 0.4) is 0 Å². The summed E-state index contributed by atoms with van der Waals surface area (Å²) in [5, 5.41) is 9.31. The lowest BCUT2D eigenvalue weighted by atomic mass is 10.3. The monoisotopic (exact) mass is 207 g/mol. The number of hydrogen-bond acceptors (Lipinski definition) is 5. The number of aliphatic hydroxyl groups is 1. The summed E-state index contributed by atoms with van der Waals surface area (Å²) in [6.45, 7) is 2.70. The van der Waals surface area contributed by atoms with Gasteiger partial charge in [0.25, 0.3) is 0 Å². The molecule has 5 heteroatoms. The van der Waals surface area contributed by atoms with Gasteiger partial charge in [-0.25, -0.2) is 0 Å². The summed E-state index contributed by atoms with van der Waals surface area (Å²) in [6, 6.07) is 0. The first-order valence-electron chi connectivity index (χ1n) is 4.32. The van der Waals surface area contributed by atoms with Crippen LogP contribution in [-0.2, 0) is 9.53 Å². The Morgan fingerprint density at radius 2 is 2.38 bits per heavy atom. The van der Waals surface area contributed by atoms with E-state index in [0.717, 1.165) is 5.75 Å². The first kappa shape index (κ1) is 12.7. The molecule has 78 valence electrons. The summed E-state index contributed by atoms with van der Waals surface area (Å²) in [7, 11) is 0. The van der Waals surface area contributed by atoms with Gasteiger partial charge in [-0.2, -0.15) is 11.8 Å². The van der Waals surface area contributed by atoms with E-state index >= 15 is 0 Å². The lowest BCUT2D eigenvalue weighted by molar-refractivity contribution is -0.144. The highest BCUT2D eigenvalue weighted by atomic mass is 32.2. The van der Waals surface area contributed by atoms with E-state index in [0.29, 0.717) is 18.9 Å². The molecule has 3 N–H and O–H groups in total. The fraction of sp³-hybridized carbons (Fsp3) is 0.875. The molecule has 13 heavy (non-hydrogen) atoms. The molecular formula is C8H17NO3S. The molecule has 0 bridgehead atoms. The molecule has 0 aliphatic rings. The first-order valence-corrected chi connectivity index (χ1v) is 5.47. The maximum absolute atomic E-state index is 10.9. The van der Waals surface area contributed by atoms with E-state index in [1.807, 2.05) is 0 Å². The van der Waals surface area contributed by atoms with Crippen LogP contribution in [0.5, 0.6) is 0 Å². The molecule has 0 spiro atoms. The number of nitrogens with two attached hydrogens (primary N) is 1. The second-order valence-corrected chi connectivity index (χ2v) is 3.68. The van der Waals surface area contributed by atoms with E-state index in [1.54, 1.807) is 6.92 Å². The van der Waals surface area contributed by atoms with Gasteiger partial charge in [0, 0.05) is 18.1 Å². The summed E-state index contributed by atoms with van der Waals surface area (Å²) in [6.07, 6.45) is -0.540. The quantitative estimate of drug-likeness (QED) is 0.454. The zero-order chi connectivity index (χ0) is 10.1. The van der Waals surface area contributed by atoms with Crippen LogP contribution >= 0.6 is 11.8 Å². The Bertz CT molecular complexity index is 143. The van der Waals surface area contributed by atoms with E-state index < -0.39 is 6.10 Å². The van der Waals surface area contributed by atoms with Gasteiger partial charge in [0.1, 0.15) is 0 Å². The number of esters is 1. The van der Waals surface area contributed by atoms with Gasteiger partial charge in [-0.05, 0) is 6.92 Å². The van der Waals surface area contributed by atoms with Crippen LogP contribution in [-0.4, -0.2) is 41.8 Å². The zero-order valence-corrected chi connectivity index (χ0v) is 8.68. The Hall–Kier alpha value is -0.260. The van der Waals surface area contributed by atoms with Crippen molar-refractivity contribution < 1.29 is 14.6 Å². The average Bonchev–Trinajstić information content (AvgIpc) is 2.05. The van der Waals surface area contributed by atoms with Crippen LogP contribution in [0.2, 0.25) is 0 Å². The Morgan fingerprint density at radius 3 is 2.92 bits per heavy atom. The van der Waals surface area contributed by atoms with Crippen LogP contribution in [0.25, 0.3) is 0 Å². The summed E-state index contributed by atoms with van der Waals surface area (Å²) in [4.78, 5) is 10.9. The summed E-state index contributed by atoms with van der Waals surface area (Å²) in [5.41, 5.74) is 5.27. The van der Waals surface area contributed by atoms with Gasteiger partial charge in [-0.1, -0.05) is 0 Å². The summed E-state index contributed by atoms with van der Waals surface area (Å²) in [5.74, 6) is 0.999. The minimum absolute atomic E-state index is 0.0748. The second-order valence-electron chi connectivity index (χ2n) is 2.53. The maximum atomic E-state index is 10.9. The van der Waals surface area contributed by atoms with Crippen LogP contribution in [0.15, 0.2) is 0 Å². The van der Waals surface area contributed by atoms with E-state index in [4.69, 9.17) is 5.73 Å². The van der Waals surface area contributed by atoms with E-state index in [1.165, 1.54) is 11.8 Å². The van der Waals surface area contributed by atoms with Gasteiger partial charge in [-0.3, -0.25) is 4.79 Å². The topological polar surface area (TPSA) is 72.5 Å². The van der Waals surface area contributed by atoms with Gasteiger partial charge in [-0.15, -0.1) is 0 Å². The van der Waals surface area contributed by atoms with Crippen LogP contribution < -0.4 is 5.73 Å². The first-order chi connectivity index (χ1) is 6.20. The van der Waals surface area contributed by atoms with E-state index in [2.05, 4.69) is 4.74 Å². The molecule has 0 amide bonds. The Morgan fingerprint density at radius 1 is 1.69 bits per heavy atom. The van der Waals surface area contributed by atoms with Crippen molar-refractivity contribution in [1.82, 2.24) is 0 Å². The Kier molecular flexibility index (Phi) is 8.18. The molecular weight excluding hydrogens is 190 g/mol. The van der Waals surface area contributed by atoms with Crippen molar-refractivity contribution >= 4 is 17.7 Å². The molecule has 0 rings (SSSR count). The molecule has 0 aromatic rings. The number of hydrogen-bond donors (Lipinski definition) is 2. The number of carbonyl (C=O) groups excluding carboxylic acids is 1. The van der Waals surface area contributed by atoms with Crippen molar-refractivity contribution in [2.75, 3.05) is 24.7 Å². The number of ether oxygens (including phenoxy) is 1. The van der Waals surface area contributed by atoms with Crippen LogP contribution in [0.4, 0.5) is 0 Å². The molecule has 1 unspecified atom stereocenters. The van der Waals surface area contributed by atoms with Crippen molar-refractivity contribution in [3.8, 4) is 0 Å². The van der Waals surface area contributed by atoms with Gasteiger partial charge < -0.3 is 15.6 Å². The maximum Gasteiger partial charge on any atom is 0.308 e. The minimum Gasteiger partial charge on any atom is -0.466 e. The summed E-state index contributed by atoms with van der Waals surface area (Å²) < 4.78 is 4.69. The van der Waals surface area contributed by atoms with Gasteiger partial charge >= 0.3 is 5.97 Å². The second kappa shape index (κ2) is 8.34.